The number of ether oxygens (including phenoxy) is 3. The number of aromatic carboxylic acids is 1. The van der Waals surface area contributed by atoms with Gasteiger partial charge in [0.05, 0.1) is 28.9 Å². The average molecular weight is 568 g/mol. The number of aromatic nitrogens is 3. The summed E-state index contributed by atoms with van der Waals surface area (Å²) in [7, 11) is 0. The molecular formula is C32H26ClN3O5. The Labute approximate surface area is 241 Å². The Morgan fingerprint density at radius 2 is 1.71 bits per heavy atom. The molecule has 9 heteroatoms. The lowest BCUT2D eigenvalue weighted by Gasteiger charge is -2.10. The molecule has 0 aliphatic carbocycles. The number of carboxylic acid groups (broad SMARTS) is 1. The van der Waals surface area contributed by atoms with Crippen LogP contribution in [0.5, 0.6) is 23.0 Å². The van der Waals surface area contributed by atoms with E-state index < -0.39 is 5.97 Å². The van der Waals surface area contributed by atoms with E-state index in [9.17, 15) is 9.90 Å². The lowest BCUT2D eigenvalue weighted by Crippen LogP contribution is -2.05. The SMILES string of the molecule is Cc1cc(Oc2ccc(Cn3nc(C)c4c(C(=O)O)cc(/C=C/c5ccc6c(c5)OCO6)nc43)cc2)cc(C)c1Cl. The highest BCUT2D eigenvalue weighted by Gasteiger charge is 2.19. The molecule has 6 rings (SSSR count). The smallest absolute Gasteiger partial charge is 0.336 e. The lowest BCUT2D eigenvalue weighted by molar-refractivity contribution is 0.0699. The average Bonchev–Trinajstić information content (AvgIpc) is 3.54. The molecule has 0 saturated heterocycles. The van der Waals surface area contributed by atoms with Crippen molar-refractivity contribution in [1.29, 1.82) is 0 Å². The maximum atomic E-state index is 12.2. The fourth-order valence-corrected chi connectivity index (χ4v) is 4.98. The Morgan fingerprint density at radius 1 is 0.976 bits per heavy atom. The van der Waals surface area contributed by atoms with Crippen LogP contribution in [0.2, 0.25) is 5.02 Å². The third-order valence-corrected chi connectivity index (χ3v) is 7.47. The van der Waals surface area contributed by atoms with Crippen LogP contribution in [0, 0.1) is 20.8 Å². The number of pyridine rings is 1. The Morgan fingerprint density at radius 3 is 2.44 bits per heavy atom. The minimum Gasteiger partial charge on any atom is -0.478 e. The van der Waals surface area contributed by atoms with E-state index in [0.29, 0.717) is 46.2 Å². The summed E-state index contributed by atoms with van der Waals surface area (Å²) in [5.41, 5.74) is 5.52. The molecule has 5 aromatic rings. The van der Waals surface area contributed by atoms with E-state index in [1.807, 2.05) is 74.5 Å². The first-order valence-electron chi connectivity index (χ1n) is 13.0. The molecule has 0 unspecified atom stereocenters. The van der Waals surface area contributed by atoms with Crippen molar-refractivity contribution in [3.05, 3.63) is 105 Å². The molecule has 3 aromatic carbocycles. The van der Waals surface area contributed by atoms with Crippen LogP contribution in [0.4, 0.5) is 0 Å². The molecule has 41 heavy (non-hydrogen) atoms. The predicted octanol–water partition coefficient (Wildman–Crippen LogP) is 7.45. The first-order chi connectivity index (χ1) is 19.7. The van der Waals surface area contributed by atoms with E-state index in [1.54, 1.807) is 23.7 Å². The van der Waals surface area contributed by atoms with E-state index >= 15 is 0 Å². The highest BCUT2D eigenvalue weighted by molar-refractivity contribution is 6.32. The minimum atomic E-state index is -1.04. The molecule has 0 saturated carbocycles. The second kappa shape index (κ2) is 10.6. The monoisotopic (exact) mass is 567 g/mol. The van der Waals surface area contributed by atoms with Gasteiger partial charge in [-0.05, 0) is 91.6 Å². The number of fused-ring (bicyclic) bond motifs is 2. The van der Waals surface area contributed by atoms with Gasteiger partial charge in [0.25, 0.3) is 0 Å². The summed E-state index contributed by atoms with van der Waals surface area (Å²) in [5, 5.41) is 15.9. The van der Waals surface area contributed by atoms with Crippen molar-refractivity contribution >= 4 is 40.8 Å². The second-order valence-electron chi connectivity index (χ2n) is 9.90. The highest BCUT2D eigenvalue weighted by Crippen LogP contribution is 2.33. The number of halogens is 1. The molecular weight excluding hydrogens is 542 g/mol. The molecule has 1 aliphatic heterocycles. The lowest BCUT2D eigenvalue weighted by atomic mass is 10.1. The zero-order valence-electron chi connectivity index (χ0n) is 22.6. The van der Waals surface area contributed by atoms with Gasteiger partial charge in [-0.3, -0.25) is 0 Å². The summed E-state index contributed by atoms with van der Waals surface area (Å²) in [6.45, 7) is 6.30. The van der Waals surface area contributed by atoms with E-state index in [1.165, 1.54) is 0 Å². The van der Waals surface area contributed by atoms with Crippen molar-refractivity contribution < 1.29 is 24.1 Å². The summed E-state index contributed by atoms with van der Waals surface area (Å²) in [6, 6.07) is 18.7. The van der Waals surface area contributed by atoms with Gasteiger partial charge in [0.1, 0.15) is 11.5 Å². The van der Waals surface area contributed by atoms with Crippen LogP contribution < -0.4 is 14.2 Å². The van der Waals surface area contributed by atoms with Gasteiger partial charge in [-0.25, -0.2) is 14.5 Å². The van der Waals surface area contributed by atoms with Crippen LogP contribution in [-0.2, 0) is 6.54 Å². The van der Waals surface area contributed by atoms with Crippen molar-refractivity contribution in [2.45, 2.75) is 27.3 Å². The number of hydrogen-bond donors (Lipinski definition) is 1. The Bertz CT molecular complexity index is 1820. The number of carboxylic acids is 1. The predicted molar refractivity (Wildman–Crippen MR) is 157 cm³/mol. The van der Waals surface area contributed by atoms with Crippen molar-refractivity contribution in [3.8, 4) is 23.0 Å². The molecule has 3 heterocycles. The summed E-state index contributed by atoms with van der Waals surface area (Å²) in [5.74, 6) is 1.75. The normalized spacial score (nSPS) is 12.4. The number of aryl methyl sites for hydroxylation is 3. The Hall–Kier alpha value is -4.82. The van der Waals surface area contributed by atoms with Crippen LogP contribution in [0.3, 0.4) is 0 Å². The number of benzene rings is 3. The molecule has 1 N–H and O–H groups in total. The van der Waals surface area contributed by atoms with E-state index in [-0.39, 0.29) is 12.4 Å². The summed E-state index contributed by atoms with van der Waals surface area (Å²) in [4.78, 5) is 17.0. The zero-order chi connectivity index (χ0) is 28.7. The number of carbonyl (C=O) groups is 1. The Balaban J connectivity index is 1.28. The fourth-order valence-electron chi connectivity index (χ4n) is 4.87. The molecule has 0 atom stereocenters. The first kappa shape index (κ1) is 26.4. The fraction of sp³-hybridized carbons (Fsp3) is 0.156. The van der Waals surface area contributed by atoms with Gasteiger partial charge in [0.2, 0.25) is 6.79 Å². The van der Waals surface area contributed by atoms with Gasteiger partial charge < -0.3 is 19.3 Å². The second-order valence-corrected chi connectivity index (χ2v) is 10.3. The van der Waals surface area contributed by atoms with Crippen molar-refractivity contribution in [2.24, 2.45) is 0 Å². The molecule has 0 spiro atoms. The largest absolute Gasteiger partial charge is 0.478 e. The summed E-state index contributed by atoms with van der Waals surface area (Å²) < 4.78 is 18.6. The van der Waals surface area contributed by atoms with Crippen molar-refractivity contribution in [2.75, 3.05) is 6.79 Å². The van der Waals surface area contributed by atoms with Gasteiger partial charge in [-0.15, -0.1) is 0 Å². The van der Waals surface area contributed by atoms with Crippen molar-refractivity contribution in [1.82, 2.24) is 14.8 Å². The van der Waals surface area contributed by atoms with Gasteiger partial charge >= 0.3 is 5.97 Å². The van der Waals surface area contributed by atoms with Crippen LogP contribution in [0.1, 0.15) is 44.0 Å². The standard InChI is InChI=1S/C32H26ClN3O5/c1-18-12-25(13-19(2)30(18)33)41-24-9-5-22(6-10-24)16-36-31-29(20(3)35-36)26(32(37)38)15-23(34-31)8-4-21-7-11-27-28(14-21)40-17-39-27/h4-15H,16-17H2,1-3H3,(H,37,38)/b8-4+. The molecule has 8 nitrogen and oxygen atoms in total. The molecule has 0 fully saturated rings. The van der Waals surface area contributed by atoms with Crippen LogP contribution in [0.15, 0.2) is 60.7 Å². The topological polar surface area (TPSA) is 95.7 Å². The molecule has 206 valence electrons. The van der Waals surface area contributed by atoms with Gasteiger partial charge in [0.15, 0.2) is 17.1 Å². The summed E-state index contributed by atoms with van der Waals surface area (Å²) >= 11 is 6.28. The third kappa shape index (κ3) is 5.34. The molecule has 0 bridgehead atoms. The third-order valence-electron chi connectivity index (χ3n) is 6.87. The number of rotatable bonds is 7. The summed E-state index contributed by atoms with van der Waals surface area (Å²) in [6.07, 6.45) is 3.64. The zero-order valence-corrected chi connectivity index (χ0v) is 23.4. The van der Waals surface area contributed by atoms with E-state index in [0.717, 1.165) is 33.0 Å². The quantitative estimate of drug-likeness (QED) is 0.218. The minimum absolute atomic E-state index is 0.154. The molecule has 2 aromatic heterocycles. The molecule has 0 amide bonds. The number of nitrogens with zero attached hydrogens (tertiary/aromatic N) is 3. The van der Waals surface area contributed by atoms with E-state index in [2.05, 4.69) is 5.10 Å². The van der Waals surface area contributed by atoms with Gasteiger partial charge in [0, 0.05) is 5.02 Å². The van der Waals surface area contributed by atoms with Crippen LogP contribution in [0.25, 0.3) is 23.2 Å². The maximum absolute atomic E-state index is 12.2. The Kier molecular flexibility index (Phi) is 6.85. The number of hydrogen-bond acceptors (Lipinski definition) is 6. The van der Waals surface area contributed by atoms with Gasteiger partial charge in [-0.2, -0.15) is 5.10 Å². The van der Waals surface area contributed by atoms with E-state index in [4.69, 9.17) is 30.8 Å². The molecule has 0 radical (unpaired) electrons. The van der Waals surface area contributed by atoms with Crippen LogP contribution >= 0.6 is 11.6 Å². The maximum Gasteiger partial charge on any atom is 0.336 e. The van der Waals surface area contributed by atoms with Crippen molar-refractivity contribution in [3.63, 3.8) is 0 Å². The van der Waals surface area contributed by atoms with Crippen LogP contribution in [-0.4, -0.2) is 32.6 Å². The first-order valence-corrected chi connectivity index (χ1v) is 13.4. The molecule has 1 aliphatic rings. The van der Waals surface area contributed by atoms with Gasteiger partial charge in [-0.1, -0.05) is 35.9 Å². The highest BCUT2D eigenvalue weighted by atomic mass is 35.5.